The minimum absolute atomic E-state index is 0.0298. The Morgan fingerprint density at radius 1 is 0.759 bits per heavy atom. The summed E-state index contributed by atoms with van der Waals surface area (Å²) >= 11 is 0. The monoisotopic (exact) mass is 414 g/mol. The van der Waals surface area contributed by atoms with E-state index in [1.54, 1.807) is 36.4 Å². The highest BCUT2D eigenvalue weighted by Gasteiger charge is 2.50. The van der Waals surface area contributed by atoms with Crippen molar-refractivity contribution in [3.05, 3.63) is 78.0 Å². The van der Waals surface area contributed by atoms with Crippen molar-refractivity contribution >= 4 is 23.5 Å². The zero-order valence-electron chi connectivity index (χ0n) is 14.4. The van der Waals surface area contributed by atoms with Gasteiger partial charge in [0, 0.05) is 6.20 Å². The van der Waals surface area contributed by atoms with E-state index in [1.807, 2.05) is 0 Å². The van der Waals surface area contributed by atoms with Crippen LogP contribution in [0.5, 0.6) is 0 Å². The van der Waals surface area contributed by atoms with Crippen LogP contribution < -0.4 is 5.01 Å². The van der Waals surface area contributed by atoms with Gasteiger partial charge >= 0.3 is 12.4 Å². The molecule has 0 fully saturated rings. The first-order valence-electron chi connectivity index (χ1n) is 7.88. The fraction of sp³-hybridized carbons (Fsp3) is 0.105. The summed E-state index contributed by atoms with van der Waals surface area (Å²) in [5, 5.41) is 4.42. The largest absolute Gasteiger partial charge is 0.455 e. The van der Waals surface area contributed by atoms with E-state index in [2.05, 4.69) is 5.10 Å². The zero-order valence-corrected chi connectivity index (χ0v) is 14.4. The fourth-order valence-corrected chi connectivity index (χ4v) is 2.07. The number of Topliss-reactive ketones (excluding diaryl/α,β-unsaturated/α-hetero) is 2. The van der Waals surface area contributed by atoms with Crippen LogP contribution in [0.2, 0.25) is 0 Å². The van der Waals surface area contributed by atoms with Gasteiger partial charge in [0.05, 0.1) is 17.5 Å². The molecule has 10 heteroatoms. The molecule has 0 radical (unpaired) electrons. The lowest BCUT2D eigenvalue weighted by molar-refractivity contribution is -0.175. The van der Waals surface area contributed by atoms with Crippen molar-refractivity contribution in [3.63, 3.8) is 0 Å². The Morgan fingerprint density at radius 3 is 1.66 bits per heavy atom. The van der Waals surface area contributed by atoms with Crippen LogP contribution in [0.25, 0.3) is 0 Å². The Bertz CT molecular complexity index is 891. The molecule has 0 saturated heterocycles. The number of nitrogens with zero attached hydrogens (tertiary/aromatic N) is 2. The van der Waals surface area contributed by atoms with Gasteiger partial charge in [-0.05, 0) is 17.7 Å². The fourth-order valence-electron chi connectivity index (χ4n) is 2.07. The second kappa shape index (κ2) is 8.72. The smallest absolute Gasteiger partial charge is 0.284 e. The van der Waals surface area contributed by atoms with Crippen LogP contribution in [0.1, 0.15) is 5.56 Å². The van der Waals surface area contributed by atoms with Crippen molar-refractivity contribution < 1.29 is 35.9 Å². The van der Waals surface area contributed by atoms with Crippen LogP contribution >= 0.6 is 0 Å². The van der Waals surface area contributed by atoms with Crippen LogP contribution in [-0.2, 0) is 9.59 Å². The number of hydrogen-bond donors (Lipinski definition) is 0. The number of carbonyl (C=O) groups is 2. The van der Waals surface area contributed by atoms with Crippen molar-refractivity contribution in [1.82, 2.24) is 0 Å². The predicted molar refractivity (Wildman–Crippen MR) is 93.2 cm³/mol. The van der Waals surface area contributed by atoms with Crippen molar-refractivity contribution in [2.45, 2.75) is 12.4 Å². The lowest BCUT2D eigenvalue weighted by atomic mass is 10.1. The van der Waals surface area contributed by atoms with E-state index >= 15 is 0 Å². The molecule has 0 heterocycles. The van der Waals surface area contributed by atoms with Gasteiger partial charge in [-0.2, -0.15) is 31.4 Å². The molecule has 0 N–H and O–H groups in total. The third-order valence-electron chi connectivity index (χ3n) is 3.41. The molecule has 0 bridgehead atoms. The van der Waals surface area contributed by atoms with Crippen molar-refractivity contribution in [3.8, 4) is 0 Å². The molecule has 2 rings (SSSR count). The summed E-state index contributed by atoms with van der Waals surface area (Å²) in [4.78, 5) is 23.0. The highest BCUT2D eigenvalue weighted by molar-refractivity contribution is 6.23. The van der Waals surface area contributed by atoms with Crippen LogP contribution in [0.15, 0.2) is 77.5 Å². The van der Waals surface area contributed by atoms with Gasteiger partial charge in [-0.1, -0.05) is 48.5 Å². The zero-order chi connectivity index (χ0) is 21.7. The highest BCUT2D eigenvalue weighted by atomic mass is 19.4. The SMILES string of the molecule is O=C(C(=CN(/N=C/c1ccccc1)c1ccccc1)C(=O)C(F)(F)F)C(F)(F)F. The molecule has 0 aliphatic rings. The molecule has 0 saturated carbocycles. The van der Waals surface area contributed by atoms with E-state index in [1.165, 1.54) is 24.3 Å². The molecule has 0 aliphatic carbocycles. The number of rotatable bonds is 6. The Hall–Kier alpha value is -3.43. The van der Waals surface area contributed by atoms with Gasteiger partial charge in [-0.3, -0.25) is 9.59 Å². The van der Waals surface area contributed by atoms with E-state index in [-0.39, 0.29) is 11.9 Å². The number of hydrazone groups is 1. The maximum atomic E-state index is 12.8. The summed E-state index contributed by atoms with van der Waals surface area (Å²) in [6.07, 6.45) is -10.1. The number of carbonyl (C=O) groups excluding carboxylic acids is 2. The normalized spacial score (nSPS) is 11.9. The molecule has 0 aromatic heterocycles. The number of allylic oxidation sites excluding steroid dienone is 1. The van der Waals surface area contributed by atoms with E-state index < -0.39 is 29.5 Å². The number of ketones is 2. The molecule has 152 valence electrons. The van der Waals surface area contributed by atoms with Gasteiger partial charge in [0.2, 0.25) is 0 Å². The summed E-state index contributed by atoms with van der Waals surface area (Å²) in [5.41, 5.74) is -1.59. The van der Waals surface area contributed by atoms with Crippen LogP contribution in [0.3, 0.4) is 0 Å². The maximum absolute atomic E-state index is 12.8. The molecule has 0 spiro atoms. The van der Waals surface area contributed by atoms with Gasteiger partial charge in [-0.25, -0.2) is 5.01 Å². The van der Waals surface area contributed by atoms with Crippen molar-refractivity contribution in [2.24, 2.45) is 5.10 Å². The number of anilines is 1. The molecule has 2 aromatic rings. The lowest BCUT2D eigenvalue weighted by Crippen LogP contribution is -2.35. The Labute approximate surface area is 160 Å². The number of hydrogen-bond acceptors (Lipinski definition) is 4. The van der Waals surface area contributed by atoms with Gasteiger partial charge in [0.15, 0.2) is 0 Å². The summed E-state index contributed by atoms with van der Waals surface area (Å²) in [6, 6.07) is 15.2. The minimum atomic E-state index is -5.68. The molecular formula is C19H12F6N2O2. The molecule has 0 aliphatic heterocycles. The van der Waals surface area contributed by atoms with Crippen LogP contribution in [-0.4, -0.2) is 30.1 Å². The number of halogens is 6. The Balaban J connectivity index is 2.58. The first-order chi connectivity index (χ1) is 13.5. The summed E-state index contributed by atoms with van der Waals surface area (Å²) in [6.45, 7) is 0. The number of para-hydroxylation sites is 1. The van der Waals surface area contributed by atoms with E-state index in [0.29, 0.717) is 10.6 Å². The summed E-state index contributed by atoms with van der Waals surface area (Å²) in [5.74, 6) is -5.84. The van der Waals surface area contributed by atoms with E-state index in [4.69, 9.17) is 0 Å². The Morgan fingerprint density at radius 2 is 1.21 bits per heavy atom. The van der Waals surface area contributed by atoms with E-state index in [9.17, 15) is 35.9 Å². The summed E-state index contributed by atoms with van der Waals surface area (Å²) < 4.78 is 76.7. The van der Waals surface area contributed by atoms with E-state index in [0.717, 1.165) is 6.21 Å². The molecular weight excluding hydrogens is 402 g/mol. The maximum Gasteiger partial charge on any atom is 0.455 e. The van der Waals surface area contributed by atoms with Crippen molar-refractivity contribution in [1.29, 1.82) is 0 Å². The van der Waals surface area contributed by atoms with Crippen LogP contribution in [0, 0.1) is 0 Å². The minimum Gasteiger partial charge on any atom is -0.284 e. The number of benzene rings is 2. The molecule has 0 amide bonds. The average Bonchev–Trinajstić information content (AvgIpc) is 2.67. The van der Waals surface area contributed by atoms with Gasteiger partial charge in [-0.15, -0.1) is 0 Å². The van der Waals surface area contributed by atoms with Gasteiger partial charge < -0.3 is 0 Å². The van der Waals surface area contributed by atoms with Crippen LogP contribution in [0.4, 0.5) is 32.0 Å². The van der Waals surface area contributed by atoms with Gasteiger partial charge in [0.1, 0.15) is 0 Å². The predicted octanol–water partition coefficient (Wildman–Crippen LogP) is 4.67. The molecule has 0 atom stereocenters. The topological polar surface area (TPSA) is 49.7 Å². The average molecular weight is 414 g/mol. The number of alkyl halides is 6. The second-order valence-corrected chi connectivity index (χ2v) is 5.53. The first-order valence-corrected chi connectivity index (χ1v) is 7.88. The quantitative estimate of drug-likeness (QED) is 0.172. The van der Waals surface area contributed by atoms with Gasteiger partial charge in [0.25, 0.3) is 11.6 Å². The third kappa shape index (κ3) is 6.03. The molecule has 29 heavy (non-hydrogen) atoms. The highest BCUT2D eigenvalue weighted by Crippen LogP contribution is 2.28. The summed E-state index contributed by atoms with van der Waals surface area (Å²) in [7, 11) is 0. The van der Waals surface area contributed by atoms with Crippen molar-refractivity contribution in [2.75, 3.05) is 5.01 Å². The molecule has 2 aromatic carbocycles. The second-order valence-electron chi connectivity index (χ2n) is 5.53. The molecule has 0 unspecified atom stereocenters. The first kappa shape index (κ1) is 21.9. The Kier molecular flexibility index (Phi) is 6.57. The lowest BCUT2D eigenvalue weighted by Gasteiger charge is -2.17. The third-order valence-corrected chi connectivity index (χ3v) is 3.41. The standard InChI is InChI=1S/C19H12F6N2O2/c20-18(21,22)16(28)15(17(29)19(23,24)25)12-27(14-9-5-2-6-10-14)26-11-13-7-3-1-4-8-13/h1-12H/b26-11+. The molecule has 4 nitrogen and oxygen atoms in total.